The number of piperazine rings is 1. The molecule has 2 N–H and O–H groups in total. The van der Waals surface area contributed by atoms with Gasteiger partial charge >= 0.3 is 0 Å². The third-order valence-electron chi connectivity index (χ3n) is 3.28. The van der Waals surface area contributed by atoms with Crippen molar-refractivity contribution >= 4 is 11.7 Å². The molecule has 2 heterocycles. The zero-order valence-electron chi connectivity index (χ0n) is 11.0. The van der Waals surface area contributed by atoms with Gasteiger partial charge in [-0.05, 0) is 24.6 Å². The molecule has 1 aromatic rings. The summed E-state index contributed by atoms with van der Waals surface area (Å²) in [5.41, 5.74) is 7.77. The van der Waals surface area contributed by atoms with Crippen LogP contribution < -0.4 is 10.6 Å². The topological polar surface area (TPSA) is 62.5 Å². The molecule has 0 aliphatic carbocycles. The van der Waals surface area contributed by atoms with Crippen LogP contribution >= 0.6 is 0 Å². The van der Waals surface area contributed by atoms with Gasteiger partial charge in [-0.1, -0.05) is 0 Å². The van der Waals surface area contributed by atoms with Crippen molar-refractivity contribution in [3.8, 4) is 0 Å². The highest BCUT2D eigenvalue weighted by Gasteiger charge is 2.19. The standard InChI is InChI=1S/C13H20N4O/c1-10-7-12(9-14)8-13(15-10)17-5-3-16(4-6-17)11(2)18/h7-8H,3-6,9,14H2,1-2H3. The monoisotopic (exact) mass is 248 g/mol. The number of pyridine rings is 1. The number of carbonyl (C=O) groups is 1. The van der Waals surface area contributed by atoms with Crippen molar-refractivity contribution in [1.82, 2.24) is 9.88 Å². The first-order chi connectivity index (χ1) is 8.60. The van der Waals surface area contributed by atoms with Gasteiger partial charge in [0.05, 0.1) is 0 Å². The molecule has 1 amide bonds. The average molecular weight is 248 g/mol. The van der Waals surface area contributed by atoms with Gasteiger partial charge in [0.1, 0.15) is 5.82 Å². The Morgan fingerprint density at radius 3 is 2.56 bits per heavy atom. The van der Waals surface area contributed by atoms with Gasteiger partial charge in [-0.2, -0.15) is 0 Å². The first kappa shape index (κ1) is 12.8. The highest BCUT2D eigenvalue weighted by molar-refractivity contribution is 5.73. The molecule has 2 rings (SSSR count). The molecule has 0 bridgehead atoms. The number of aryl methyl sites for hydroxylation is 1. The van der Waals surface area contributed by atoms with Crippen molar-refractivity contribution in [2.75, 3.05) is 31.1 Å². The minimum Gasteiger partial charge on any atom is -0.353 e. The van der Waals surface area contributed by atoms with Crippen LogP contribution in [0.5, 0.6) is 0 Å². The van der Waals surface area contributed by atoms with Crippen LogP contribution in [0.2, 0.25) is 0 Å². The maximum absolute atomic E-state index is 11.3. The summed E-state index contributed by atoms with van der Waals surface area (Å²) in [7, 11) is 0. The SMILES string of the molecule is CC(=O)N1CCN(c2cc(CN)cc(C)n2)CC1. The van der Waals surface area contributed by atoms with Crippen molar-refractivity contribution in [2.45, 2.75) is 20.4 Å². The second kappa shape index (κ2) is 5.35. The Kier molecular flexibility index (Phi) is 3.81. The fourth-order valence-electron chi connectivity index (χ4n) is 2.25. The Morgan fingerprint density at radius 2 is 2.00 bits per heavy atom. The quantitative estimate of drug-likeness (QED) is 0.828. The molecule has 5 heteroatoms. The largest absolute Gasteiger partial charge is 0.353 e. The van der Waals surface area contributed by atoms with E-state index >= 15 is 0 Å². The molecule has 0 saturated carbocycles. The zero-order valence-corrected chi connectivity index (χ0v) is 11.0. The van der Waals surface area contributed by atoms with Crippen molar-refractivity contribution in [3.63, 3.8) is 0 Å². The lowest BCUT2D eigenvalue weighted by molar-refractivity contribution is -0.129. The molecule has 0 unspecified atom stereocenters. The third kappa shape index (κ3) is 2.79. The van der Waals surface area contributed by atoms with Crippen molar-refractivity contribution in [3.05, 3.63) is 23.4 Å². The fourth-order valence-corrected chi connectivity index (χ4v) is 2.25. The van der Waals surface area contributed by atoms with Gasteiger partial charge in [0, 0.05) is 45.3 Å². The van der Waals surface area contributed by atoms with Gasteiger partial charge < -0.3 is 15.5 Å². The summed E-state index contributed by atoms with van der Waals surface area (Å²) >= 11 is 0. The Hall–Kier alpha value is -1.62. The van der Waals surface area contributed by atoms with E-state index in [0.717, 1.165) is 43.3 Å². The maximum atomic E-state index is 11.3. The van der Waals surface area contributed by atoms with Crippen LogP contribution in [0.4, 0.5) is 5.82 Å². The number of anilines is 1. The van der Waals surface area contributed by atoms with Crippen molar-refractivity contribution < 1.29 is 4.79 Å². The number of rotatable bonds is 2. The predicted octanol–water partition coefficient (Wildman–Crippen LogP) is 0.517. The minimum atomic E-state index is 0.148. The molecule has 1 saturated heterocycles. The van der Waals surface area contributed by atoms with Gasteiger partial charge in [0.2, 0.25) is 5.91 Å². The van der Waals surface area contributed by atoms with Crippen LogP contribution in [-0.2, 0) is 11.3 Å². The molecule has 1 aliphatic rings. The number of hydrogen-bond donors (Lipinski definition) is 1. The van der Waals surface area contributed by atoms with Gasteiger partial charge in [-0.25, -0.2) is 4.98 Å². The zero-order chi connectivity index (χ0) is 13.1. The van der Waals surface area contributed by atoms with E-state index in [-0.39, 0.29) is 5.91 Å². The summed E-state index contributed by atoms with van der Waals surface area (Å²) < 4.78 is 0. The van der Waals surface area contributed by atoms with E-state index < -0.39 is 0 Å². The van der Waals surface area contributed by atoms with Crippen LogP contribution in [0, 0.1) is 6.92 Å². The summed E-state index contributed by atoms with van der Waals surface area (Å²) in [6.07, 6.45) is 0. The number of hydrogen-bond acceptors (Lipinski definition) is 4. The Morgan fingerprint density at radius 1 is 1.33 bits per heavy atom. The smallest absolute Gasteiger partial charge is 0.219 e. The Bertz CT molecular complexity index is 439. The fraction of sp³-hybridized carbons (Fsp3) is 0.538. The van der Waals surface area contributed by atoms with Gasteiger partial charge in [-0.15, -0.1) is 0 Å². The molecular formula is C13H20N4O. The van der Waals surface area contributed by atoms with Crippen molar-refractivity contribution in [2.24, 2.45) is 5.73 Å². The summed E-state index contributed by atoms with van der Waals surface area (Å²) in [6, 6.07) is 4.05. The molecule has 98 valence electrons. The van der Waals surface area contributed by atoms with Crippen LogP contribution in [0.1, 0.15) is 18.2 Å². The van der Waals surface area contributed by atoms with Crippen LogP contribution in [-0.4, -0.2) is 42.0 Å². The normalized spacial score (nSPS) is 15.9. The molecule has 1 aromatic heterocycles. The van der Waals surface area contributed by atoms with Crippen molar-refractivity contribution in [1.29, 1.82) is 0 Å². The highest BCUT2D eigenvalue weighted by Crippen LogP contribution is 2.16. The predicted molar refractivity (Wildman–Crippen MR) is 71.3 cm³/mol. The molecule has 18 heavy (non-hydrogen) atoms. The molecule has 0 spiro atoms. The average Bonchev–Trinajstić information content (AvgIpc) is 2.38. The Labute approximate surface area is 108 Å². The number of amides is 1. The molecular weight excluding hydrogens is 228 g/mol. The second-order valence-corrected chi connectivity index (χ2v) is 4.67. The summed E-state index contributed by atoms with van der Waals surface area (Å²) in [4.78, 5) is 19.9. The van der Waals surface area contributed by atoms with E-state index in [1.54, 1.807) is 6.92 Å². The molecule has 5 nitrogen and oxygen atoms in total. The van der Waals surface area contributed by atoms with E-state index in [4.69, 9.17) is 5.73 Å². The number of aromatic nitrogens is 1. The second-order valence-electron chi connectivity index (χ2n) is 4.67. The van der Waals surface area contributed by atoms with Crippen LogP contribution in [0.3, 0.4) is 0 Å². The maximum Gasteiger partial charge on any atom is 0.219 e. The first-order valence-corrected chi connectivity index (χ1v) is 6.28. The van der Waals surface area contributed by atoms with E-state index in [0.29, 0.717) is 6.54 Å². The van der Waals surface area contributed by atoms with E-state index in [9.17, 15) is 4.79 Å². The lowest BCUT2D eigenvalue weighted by Gasteiger charge is -2.35. The Balaban J connectivity index is 2.09. The van der Waals surface area contributed by atoms with E-state index in [2.05, 4.69) is 9.88 Å². The lowest BCUT2D eigenvalue weighted by Crippen LogP contribution is -2.48. The summed E-state index contributed by atoms with van der Waals surface area (Å²) in [6.45, 7) is 7.33. The molecule has 0 atom stereocenters. The molecule has 1 fully saturated rings. The van der Waals surface area contributed by atoms with E-state index in [1.807, 2.05) is 24.0 Å². The highest BCUT2D eigenvalue weighted by atomic mass is 16.2. The number of nitrogens with two attached hydrogens (primary N) is 1. The molecule has 1 aliphatic heterocycles. The van der Waals surface area contributed by atoms with Crippen LogP contribution in [0.25, 0.3) is 0 Å². The summed E-state index contributed by atoms with van der Waals surface area (Å²) in [5, 5.41) is 0. The first-order valence-electron chi connectivity index (χ1n) is 6.28. The third-order valence-corrected chi connectivity index (χ3v) is 3.28. The van der Waals surface area contributed by atoms with Gasteiger partial charge in [-0.3, -0.25) is 4.79 Å². The lowest BCUT2D eigenvalue weighted by atomic mass is 10.2. The van der Waals surface area contributed by atoms with Gasteiger partial charge in [0.25, 0.3) is 0 Å². The molecule has 0 aromatic carbocycles. The van der Waals surface area contributed by atoms with E-state index in [1.165, 1.54) is 0 Å². The van der Waals surface area contributed by atoms with Crippen LogP contribution in [0.15, 0.2) is 12.1 Å². The summed E-state index contributed by atoms with van der Waals surface area (Å²) in [5.74, 6) is 1.12. The van der Waals surface area contributed by atoms with Gasteiger partial charge in [0.15, 0.2) is 0 Å². The number of nitrogens with zero attached hydrogens (tertiary/aromatic N) is 3. The molecule has 0 radical (unpaired) electrons. The number of carbonyl (C=O) groups excluding carboxylic acids is 1. The minimum absolute atomic E-state index is 0.148.